The van der Waals surface area contributed by atoms with E-state index >= 15 is 0 Å². The van der Waals surface area contributed by atoms with Gasteiger partial charge in [-0.3, -0.25) is 9.59 Å². The molecular weight excluding hydrogens is 309 g/mol. The monoisotopic (exact) mass is 330 g/mol. The number of hydrogen-bond donors (Lipinski definition) is 1. The van der Waals surface area contributed by atoms with Crippen molar-refractivity contribution in [2.24, 2.45) is 0 Å². The molecule has 0 saturated heterocycles. The van der Waals surface area contributed by atoms with Crippen molar-refractivity contribution < 1.29 is 22.8 Å². The maximum Gasteiger partial charge on any atom is 0.416 e. The average molecular weight is 330 g/mol. The summed E-state index contributed by atoms with van der Waals surface area (Å²) in [5.41, 5.74) is -0.346. The van der Waals surface area contributed by atoms with Crippen molar-refractivity contribution in [1.29, 1.82) is 0 Å². The fourth-order valence-corrected chi connectivity index (χ4v) is 2.22. The third-order valence-corrected chi connectivity index (χ3v) is 3.58. The molecule has 1 N–H and O–H groups in total. The van der Waals surface area contributed by atoms with E-state index in [1.807, 2.05) is 0 Å². The van der Waals surface area contributed by atoms with Crippen LogP contribution in [0.3, 0.4) is 0 Å². The van der Waals surface area contributed by atoms with E-state index in [0.29, 0.717) is 12.1 Å². The van der Waals surface area contributed by atoms with Crippen LogP contribution in [0, 0.1) is 0 Å². The molecule has 1 rings (SSSR count). The van der Waals surface area contributed by atoms with Crippen LogP contribution in [0.25, 0.3) is 0 Å². The molecule has 0 aliphatic heterocycles. The molecule has 1 aromatic rings. The summed E-state index contributed by atoms with van der Waals surface area (Å²) in [6.45, 7) is 5.24. The largest absolute Gasteiger partial charge is 0.416 e. The van der Waals surface area contributed by atoms with E-state index in [1.54, 1.807) is 26.8 Å². The number of nitrogens with one attached hydrogen (secondary N) is 1. The Kier molecular flexibility index (Phi) is 6.60. The number of likely N-dealkylation sites (N-methyl/N-ethyl adjacent to an activating group) is 1. The first kappa shape index (κ1) is 19.0. The van der Waals surface area contributed by atoms with Crippen LogP contribution >= 0.6 is 0 Å². The highest BCUT2D eigenvalue weighted by atomic mass is 19.4. The fraction of sp³-hybridized carbons (Fsp3) is 0.500. The van der Waals surface area contributed by atoms with E-state index in [2.05, 4.69) is 5.32 Å². The van der Waals surface area contributed by atoms with Crippen LogP contribution in [-0.4, -0.2) is 29.8 Å². The summed E-state index contributed by atoms with van der Waals surface area (Å²) >= 11 is 0. The van der Waals surface area contributed by atoms with Gasteiger partial charge in [0.1, 0.15) is 0 Å². The van der Waals surface area contributed by atoms with Gasteiger partial charge in [-0.15, -0.1) is 0 Å². The summed E-state index contributed by atoms with van der Waals surface area (Å²) in [6.07, 6.45) is -4.16. The van der Waals surface area contributed by atoms with Crippen LogP contribution in [0.15, 0.2) is 24.3 Å². The van der Waals surface area contributed by atoms with E-state index in [1.165, 1.54) is 11.0 Å². The van der Waals surface area contributed by atoms with Crippen molar-refractivity contribution in [2.45, 2.75) is 39.4 Å². The van der Waals surface area contributed by atoms with Gasteiger partial charge < -0.3 is 10.2 Å². The van der Waals surface area contributed by atoms with Crippen LogP contribution in [0.4, 0.5) is 13.2 Å². The first-order chi connectivity index (χ1) is 10.7. The SMILES string of the molecule is CCC(=O)NCC(=O)N(CC)[C@@H](C)c1cccc(C(F)(F)F)c1. The zero-order valence-corrected chi connectivity index (χ0v) is 13.4. The van der Waals surface area contributed by atoms with Gasteiger partial charge in [0, 0.05) is 13.0 Å². The summed E-state index contributed by atoms with van der Waals surface area (Å²) in [6, 6.07) is 4.40. The zero-order valence-electron chi connectivity index (χ0n) is 13.4. The highest BCUT2D eigenvalue weighted by Gasteiger charge is 2.31. The minimum absolute atomic E-state index is 0.163. The van der Waals surface area contributed by atoms with E-state index < -0.39 is 17.8 Å². The molecule has 0 fully saturated rings. The highest BCUT2D eigenvalue weighted by molar-refractivity contribution is 5.84. The summed E-state index contributed by atoms with van der Waals surface area (Å²) in [7, 11) is 0. The molecule has 0 aromatic heterocycles. The number of carbonyl (C=O) groups excluding carboxylic acids is 2. The number of carbonyl (C=O) groups is 2. The molecule has 23 heavy (non-hydrogen) atoms. The first-order valence-electron chi connectivity index (χ1n) is 7.44. The number of amides is 2. The normalized spacial score (nSPS) is 12.6. The van der Waals surface area contributed by atoms with Crippen LogP contribution in [0.5, 0.6) is 0 Å². The van der Waals surface area contributed by atoms with Crippen molar-refractivity contribution >= 4 is 11.8 Å². The summed E-state index contributed by atoms with van der Waals surface area (Å²) in [5, 5.41) is 2.48. The van der Waals surface area contributed by atoms with Gasteiger partial charge in [-0.05, 0) is 31.5 Å². The lowest BCUT2D eigenvalue weighted by Crippen LogP contribution is -2.41. The van der Waals surface area contributed by atoms with Crippen molar-refractivity contribution in [3.63, 3.8) is 0 Å². The second-order valence-corrected chi connectivity index (χ2v) is 5.11. The average Bonchev–Trinajstić information content (AvgIpc) is 2.52. The number of rotatable bonds is 6. The topological polar surface area (TPSA) is 49.4 Å². The number of benzene rings is 1. The van der Waals surface area contributed by atoms with Crippen molar-refractivity contribution in [1.82, 2.24) is 10.2 Å². The molecule has 128 valence electrons. The van der Waals surface area contributed by atoms with E-state index in [0.717, 1.165) is 12.1 Å². The molecule has 7 heteroatoms. The van der Waals surface area contributed by atoms with Gasteiger partial charge in [-0.25, -0.2) is 0 Å². The Labute approximate surface area is 133 Å². The van der Waals surface area contributed by atoms with Crippen LogP contribution in [-0.2, 0) is 15.8 Å². The molecule has 0 unspecified atom stereocenters. The zero-order chi connectivity index (χ0) is 17.6. The molecule has 0 aliphatic carbocycles. The van der Waals surface area contributed by atoms with E-state index in [-0.39, 0.29) is 24.8 Å². The quantitative estimate of drug-likeness (QED) is 0.871. The standard InChI is InChI=1S/C16H21F3N2O2/c1-4-14(22)20-10-15(23)21(5-2)11(3)12-7-6-8-13(9-12)16(17,18)19/h6-9,11H,4-5,10H2,1-3H3,(H,20,22)/t11-/m0/s1. The van der Waals surface area contributed by atoms with E-state index in [4.69, 9.17) is 0 Å². The molecule has 0 radical (unpaired) electrons. The van der Waals surface area contributed by atoms with Crippen LogP contribution < -0.4 is 5.32 Å². The smallest absolute Gasteiger partial charge is 0.347 e. The lowest BCUT2D eigenvalue weighted by Gasteiger charge is -2.29. The third-order valence-electron chi connectivity index (χ3n) is 3.58. The van der Waals surface area contributed by atoms with Crippen molar-refractivity contribution in [3.8, 4) is 0 Å². The number of halogens is 3. The van der Waals surface area contributed by atoms with Crippen LogP contribution in [0.1, 0.15) is 44.4 Å². The molecule has 0 aliphatic rings. The molecular formula is C16H21F3N2O2. The van der Waals surface area contributed by atoms with E-state index in [9.17, 15) is 22.8 Å². The summed E-state index contributed by atoms with van der Waals surface area (Å²) < 4.78 is 38.4. The van der Waals surface area contributed by atoms with Gasteiger partial charge in [0.15, 0.2) is 0 Å². The Morgan fingerprint density at radius 3 is 2.43 bits per heavy atom. The third kappa shape index (κ3) is 5.26. The molecule has 1 atom stereocenters. The Bertz CT molecular complexity index is 559. The first-order valence-corrected chi connectivity index (χ1v) is 7.44. The molecule has 0 bridgehead atoms. The molecule has 4 nitrogen and oxygen atoms in total. The van der Waals surface area contributed by atoms with Gasteiger partial charge in [0.05, 0.1) is 18.2 Å². The molecule has 2 amide bonds. The van der Waals surface area contributed by atoms with Gasteiger partial charge in [-0.1, -0.05) is 19.1 Å². The minimum atomic E-state index is -4.42. The Morgan fingerprint density at radius 2 is 1.91 bits per heavy atom. The molecule has 0 saturated carbocycles. The van der Waals surface area contributed by atoms with Gasteiger partial charge in [0.2, 0.25) is 11.8 Å². The Hall–Kier alpha value is -2.05. The van der Waals surface area contributed by atoms with Crippen molar-refractivity contribution in [3.05, 3.63) is 35.4 Å². The Balaban J connectivity index is 2.90. The molecule has 1 aromatic carbocycles. The Morgan fingerprint density at radius 1 is 1.26 bits per heavy atom. The number of alkyl halides is 3. The number of hydrogen-bond acceptors (Lipinski definition) is 2. The predicted molar refractivity (Wildman–Crippen MR) is 80.5 cm³/mol. The van der Waals surface area contributed by atoms with Crippen molar-refractivity contribution in [2.75, 3.05) is 13.1 Å². The summed E-state index contributed by atoms with van der Waals surface area (Å²) in [4.78, 5) is 24.8. The number of nitrogens with zero attached hydrogens (tertiary/aromatic N) is 1. The molecule has 0 heterocycles. The lowest BCUT2D eigenvalue weighted by molar-refractivity contribution is -0.137. The van der Waals surface area contributed by atoms with Gasteiger partial charge in [-0.2, -0.15) is 13.2 Å². The van der Waals surface area contributed by atoms with Crippen LogP contribution in [0.2, 0.25) is 0 Å². The summed E-state index contributed by atoms with van der Waals surface area (Å²) in [5.74, 6) is -0.583. The van der Waals surface area contributed by atoms with Gasteiger partial charge >= 0.3 is 6.18 Å². The lowest BCUT2D eigenvalue weighted by atomic mass is 10.0. The minimum Gasteiger partial charge on any atom is -0.347 e. The second kappa shape index (κ2) is 7.99. The van der Waals surface area contributed by atoms with Gasteiger partial charge in [0.25, 0.3) is 0 Å². The maximum absolute atomic E-state index is 12.8. The second-order valence-electron chi connectivity index (χ2n) is 5.11. The fourth-order valence-electron chi connectivity index (χ4n) is 2.22. The molecule has 0 spiro atoms. The highest BCUT2D eigenvalue weighted by Crippen LogP contribution is 2.31. The predicted octanol–water partition coefficient (Wildman–Crippen LogP) is 3.14. The maximum atomic E-state index is 12.8.